The van der Waals surface area contributed by atoms with Crippen molar-refractivity contribution in [1.82, 2.24) is 10.2 Å². The summed E-state index contributed by atoms with van der Waals surface area (Å²) in [5, 5.41) is 3.36. The molecule has 3 nitrogen and oxygen atoms in total. The van der Waals surface area contributed by atoms with Gasteiger partial charge in [-0.1, -0.05) is 0 Å². The van der Waals surface area contributed by atoms with Gasteiger partial charge in [-0.15, -0.1) is 0 Å². The van der Waals surface area contributed by atoms with E-state index in [-0.39, 0.29) is 5.60 Å². The van der Waals surface area contributed by atoms with E-state index in [1.165, 1.54) is 0 Å². The van der Waals surface area contributed by atoms with Gasteiger partial charge in [0.1, 0.15) is 0 Å². The summed E-state index contributed by atoms with van der Waals surface area (Å²) < 4.78 is 5.49. The first-order valence-electron chi connectivity index (χ1n) is 5.08. The van der Waals surface area contributed by atoms with Crippen molar-refractivity contribution in [2.24, 2.45) is 0 Å². The molecular weight excluding hydrogens is 164 g/mol. The van der Waals surface area contributed by atoms with Gasteiger partial charge in [-0.05, 0) is 20.8 Å². The molecule has 1 fully saturated rings. The molecule has 1 unspecified atom stereocenters. The van der Waals surface area contributed by atoms with Gasteiger partial charge in [-0.25, -0.2) is 0 Å². The molecule has 78 valence electrons. The second-order valence-electron chi connectivity index (χ2n) is 4.27. The highest BCUT2D eigenvalue weighted by molar-refractivity contribution is 4.86. The third kappa shape index (κ3) is 2.66. The van der Waals surface area contributed by atoms with Crippen molar-refractivity contribution in [1.29, 1.82) is 0 Å². The second-order valence-corrected chi connectivity index (χ2v) is 4.27. The summed E-state index contributed by atoms with van der Waals surface area (Å²) in [5.41, 5.74) is -0.0443. The predicted octanol–water partition coefficient (Wildman–Crippen LogP) is 0.705. The van der Waals surface area contributed by atoms with Crippen LogP contribution in [-0.2, 0) is 4.74 Å². The molecule has 0 aromatic rings. The van der Waals surface area contributed by atoms with Crippen molar-refractivity contribution in [2.75, 3.05) is 33.3 Å². The lowest BCUT2D eigenvalue weighted by Gasteiger charge is -2.41. The quantitative estimate of drug-likeness (QED) is 0.702. The Hall–Kier alpha value is -0.120. The highest BCUT2D eigenvalue weighted by atomic mass is 16.5. The molecule has 1 N–H and O–H groups in total. The van der Waals surface area contributed by atoms with Crippen LogP contribution in [0.25, 0.3) is 0 Å². The molecule has 0 aromatic heterocycles. The molecule has 0 amide bonds. The Kier molecular flexibility index (Phi) is 3.71. The fourth-order valence-corrected chi connectivity index (χ4v) is 1.68. The van der Waals surface area contributed by atoms with Crippen molar-refractivity contribution >= 4 is 0 Å². The third-order valence-corrected chi connectivity index (χ3v) is 3.23. The van der Waals surface area contributed by atoms with Gasteiger partial charge in [-0.3, -0.25) is 4.90 Å². The molecule has 0 saturated carbocycles. The van der Waals surface area contributed by atoms with Crippen LogP contribution in [0.1, 0.15) is 20.8 Å². The minimum atomic E-state index is -0.0443. The first-order chi connectivity index (χ1) is 6.08. The molecule has 13 heavy (non-hydrogen) atoms. The molecule has 0 aliphatic carbocycles. The Morgan fingerprint density at radius 1 is 1.31 bits per heavy atom. The topological polar surface area (TPSA) is 24.5 Å². The molecule has 1 heterocycles. The van der Waals surface area contributed by atoms with Gasteiger partial charge in [-0.2, -0.15) is 0 Å². The number of nitrogens with zero attached hydrogens (tertiary/aromatic N) is 1. The fourth-order valence-electron chi connectivity index (χ4n) is 1.68. The largest absolute Gasteiger partial charge is 0.377 e. The Bertz CT molecular complexity index is 153. The van der Waals surface area contributed by atoms with Crippen LogP contribution in [-0.4, -0.2) is 49.8 Å². The van der Waals surface area contributed by atoms with Crippen LogP contribution in [0, 0.1) is 0 Å². The highest BCUT2D eigenvalue weighted by Crippen LogP contribution is 2.19. The number of hydrogen-bond acceptors (Lipinski definition) is 3. The van der Waals surface area contributed by atoms with Gasteiger partial charge in [0.2, 0.25) is 0 Å². The summed E-state index contributed by atoms with van der Waals surface area (Å²) >= 11 is 0. The van der Waals surface area contributed by atoms with Gasteiger partial charge in [0.25, 0.3) is 0 Å². The van der Waals surface area contributed by atoms with Gasteiger partial charge in [0, 0.05) is 39.3 Å². The Morgan fingerprint density at radius 3 is 2.31 bits per heavy atom. The maximum Gasteiger partial charge on any atom is 0.0774 e. The molecule has 1 saturated heterocycles. The van der Waals surface area contributed by atoms with E-state index < -0.39 is 0 Å². The third-order valence-electron chi connectivity index (χ3n) is 3.23. The highest BCUT2D eigenvalue weighted by Gasteiger charge is 2.30. The predicted molar refractivity (Wildman–Crippen MR) is 55.0 cm³/mol. The Labute approximate surface area is 81.4 Å². The first kappa shape index (κ1) is 11.0. The monoisotopic (exact) mass is 186 g/mol. The zero-order chi connectivity index (χ0) is 9.90. The fraction of sp³-hybridized carbons (Fsp3) is 1.00. The SMILES string of the molecule is COC(C)(C)C(C)N1CCNCC1. The zero-order valence-electron chi connectivity index (χ0n) is 9.26. The standard InChI is InChI=1S/C10H22N2O/c1-9(10(2,3)13-4)12-7-5-11-6-8-12/h9,11H,5-8H2,1-4H3. The maximum absolute atomic E-state index is 5.49. The summed E-state index contributed by atoms with van der Waals surface area (Å²) in [7, 11) is 1.79. The molecule has 0 aromatic carbocycles. The molecule has 1 aliphatic heterocycles. The number of nitrogens with one attached hydrogen (secondary N) is 1. The summed E-state index contributed by atoms with van der Waals surface area (Å²) in [6.45, 7) is 11.0. The van der Waals surface area contributed by atoms with Crippen molar-refractivity contribution in [3.8, 4) is 0 Å². The van der Waals surface area contributed by atoms with Crippen LogP contribution in [0.5, 0.6) is 0 Å². The molecule has 0 radical (unpaired) electrons. The molecular formula is C10H22N2O. The van der Waals surface area contributed by atoms with Crippen molar-refractivity contribution in [2.45, 2.75) is 32.4 Å². The van der Waals surface area contributed by atoms with E-state index in [9.17, 15) is 0 Å². The van der Waals surface area contributed by atoms with Crippen LogP contribution >= 0.6 is 0 Å². The summed E-state index contributed by atoms with van der Waals surface area (Å²) in [5.74, 6) is 0. The summed E-state index contributed by atoms with van der Waals surface area (Å²) in [6.07, 6.45) is 0. The number of piperazine rings is 1. The van der Waals surface area contributed by atoms with E-state index >= 15 is 0 Å². The van der Waals surface area contributed by atoms with E-state index in [4.69, 9.17) is 4.74 Å². The number of methoxy groups -OCH3 is 1. The lowest BCUT2D eigenvalue weighted by molar-refractivity contribution is -0.0492. The van der Waals surface area contributed by atoms with Gasteiger partial charge < -0.3 is 10.1 Å². The smallest absolute Gasteiger partial charge is 0.0774 e. The minimum absolute atomic E-state index is 0.0443. The van der Waals surface area contributed by atoms with Crippen molar-refractivity contribution < 1.29 is 4.74 Å². The number of hydrogen-bond donors (Lipinski definition) is 1. The molecule has 1 atom stereocenters. The van der Waals surface area contributed by atoms with E-state index in [0.29, 0.717) is 6.04 Å². The van der Waals surface area contributed by atoms with Gasteiger partial charge >= 0.3 is 0 Å². The van der Waals surface area contributed by atoms with Gasteiger partial charge in [0.05, 0.1) is 5.60 Å². The first-order valence-corrected chi connectivity index (χ1v) is 5.08. The molecule has 1 rings (SSSR count). The molecule has 0 bridgehead atoms. The summed E-state index contributed by atoms with van der Waals surface area (Å²) in [6, 6.07) is 0.486. The lowest BCUT2D eigenvalue weighted by Crippen LogP contribution is -2.55. The lowest BCUT2D eigenvalue weighted by atomic mass is 9.98. The normalized spacial score (nSPS) is 23.1. The molecule has 1 aliphatic rings. The van der Waals surface area contributed by atoms with Crippen LogP contribution < -0.4 is 5.32 Å². The maximum atomic E-state index is 5.49. The van der Waals surface area contributed by atoms with E-state index in [1.54, 1.807) is 7.11 Å². The average molecular weight is 186 g/mol. The Balaban J connectivity index is 2.49. The van der Waals surface area contributed by atoms with Crippen LogP contribution in [0.4, 0.5) is 0 Å². The van der Waals surface area contributed by atoms with Crippen LogP contribution in [0.15, 0.2) is 0 Å². The molecule has 3 heteroatoms. The van der Waals surface area contributed by atoms with Gasteiger partial charge in [0.15, 0.2) is 0 Å². The average Bonchev–Trinajstić information content (AvgIpc) is 2.18. The van der Waals surface area contributed by atoms with Crippen molar-refractivity contribution in [3.63, 3.8) is 0 Å². The van der Waals surface area contributed by atoms with Crippen LogP contribution in [0.2, 0.25) is 0 Å². The summed E-state index contributed by atoms with van der Waals surface area (Å²) in [4.78, 5) is 2.49. The van der Waals surface area contributed by atoms with E-state index in [0.717, 1.165) is 26.2 Å². The van der Waals surface area contributed by atoms with E-state index in [1.807, 2.05) is 0 Å². The second kappa shape index (κ2) is 4.40. The Morgan fingerprint density at radius 2 is 1.85 bits per heavy atom. The number of ether oxygens (including phenoxy) is 1. The molecule has 0 spiro atoms. The minimum Gasteiger partial charge on any atom is -0.377 e. The van der Waals surface area contributed by atoms with Crippen LogP contribution in [0.3, 0.4) is 0 Å². The van der Waals surface area contributed by atoms with Crippen molar-refractivity contribution in [3.05, 3.63) is 0 Å². The zero-order valence-corrected chi connectivity index (χ0v) is 9.26. The number of rotatable bonds is 3. The van der Waals surface area contributed by atoms with E-state index in [2.05, 4.69) is 31.0 Å².